The number of anilines is 1. The zero-order chi connectivity index (χ0) is 25.7. The molecule has 2 aromatic rings. The fourth-order valence-corrected chi connectivity index (χ4v) is 4.07. The van der Waals surface area contributed by atoms with Gasteiger partial charge >= 0.3 is 0 Å². The molecule has 1 N–H and O–H groups in total. The molecule has 2 aromatic carbocycles. The van der Waals surface area contributed by atoms with Crippen LogP contribution in [-0.4, -0.2) is 41.7 Å². The maximum absolute atomic E-state index is 13.8. The summed E-state index contributed by atoms with van der Waals surface area (Å²) in [6.07, 6.45) is 2.93. The molecule has 1 aliphatic rings. The molecule has 1 saturated heterocycles. The number of hydrogen-bond donors (Lipinski definition) is 1. The molecule has 1 fully saturated rings. The molecule has 0 aliphatic carbocycles. The van der Waals surface area contributed by atoms with E-state index < -0.39 is 46.7 Å². The first-order valence-electron chi connectivity index (χ1n) is 10.0. The quantitative estimate of drug-likeness (QED) is 0.268. The predicted molar refractivity (Wildman–Crippen MR) is 126 cm³/mol. The van der Waals surface area contributed by atoms with Crippen molar-refractivity contribution in [2.75, 3.05) is 25.1 Å². The van der Waals surface area contributed by atoms with Crippen LogP contribution in [0.2, 0.25) is 5.02 Å². The van der Waals surface area contributed by atoms with E-state index in [1.165, 1.54) is 18.2 Å². The SMILES string of the molecule is C=CCOc1c(Cl)cc(/C=C2/SC(=O)N(CC(=O)Nc3ccc(F)c(F)c3F)C2=O)cc1OCC. The van der Waals surface area contributed by atoms with Crippen LogP contribution in [0.5, 0.6) is 11.5 Å². The first kappa shape index (κ1) is 26.2. The molecule has 1 heterocycles. The number of nitrogens with one attached hydrogen (secondary N) is 1. The molecule has 0 aromatic heterocycles. The van der Waals surface area contributed by atoms with Crippen molar-refractivity contribution in [3.05, 3.63) is 69.9 Å². The zero-order valence-electron chi connectivity index (χ0n) is 18.2. The Labute approximate surface area is 207 Å². The normalized spacial score (nSPS) is 14.4. The molecule has 12 heteroatoms. The first-order valence-corrected chi connectivity index (χ1v) is 11.2. The lowest BCUT2D eigenvalue weighted by molar-refractivity contribution is -0.127. The van der Waals surface area contributed by atoms with Gasteiger partial charge < -0.3 is 14.8 Å². The second kappa shape index (κ2) is 11.3. The zero-order valence-corrected chi connectivity index (χ0v) is 19.8. The highest BCUT2D eigenvalue weighted by Crippen LogP contribution is 2.39. The van der Waals surface area contributed by atoms with Gasteiger partial charge in [0.05, 0.1) is 22.2 Å². The number of nitrogens with zero attached hydrogens (tertiary/aromatic N) is 1. The third-order valence-electron chi connectivity index (χ3n) is 4.46. The summed E-state index contributed by atoms with van der Waals surface area (Å²) < 4.78 is 51.3. The summed E-state index contributed by atoms with van der Waals surface area (Å²) in [6.45, 7) is 5.07. The summed E-state index contributed by atoms with van der Waals surface area (Å²) in [4.78, 5) is 37.9. The Kier molecular flexibility index (Phi) is 8.47. The van der Waals surface area contributed by atoms with E-state index >= 15 is 0 Å². The molecule has 3 amide bonds. The molecule has 3 rings (SSSR count). The molecule has 0 atom stereocenters. The summed E-state index contributed by atoms with van der Waals surface area (Å²) >= 11 is 6.88. The van der Waals surface area contributed by atoms with Crippen molar-refractivity contribution in [3.63, 3.8) is 0 Å². The summed E-state index contributed by atoms with van der Waals surface area (Å²) in [5.74, 6) is -5.94. The van der Waals surface area contributed by atoms with E-state index in [9.17, 15) is 27.6 Å². The number of rotatable bonds is 9. The minimum absolute atomic E-state index is 0.0000761. The maximum atomic E-state index is 13.8. The van der Waals surface area contributed by atoms with Crippen LogP contribution in [0.15, 0.2) is 41.8 Å². The molecule has 0 radical (unpaired) electrons. The topological polar surface area (TPSA) is 84.9 Å². The Hall–Kier alpha value is -3.44. The van der Waals surface area contributed by atoms with Gasteiger partial charge in [0.15, 0.2) is 29.0 Å². The Morgan fingerprint density at radius 1 is 1.20 bits per heavy atom. The van der Waals surface area contributed by atoms with Crippen LogP contribution in [0, 0.1) is 17.5 Å². The fourth-order valence-electron chi connectivity index (χ4n) is 2.96. The van der Waals surface area contributed by atoms with Crippen molar-refractivity contribution in [2.24, 2.45) is 0 Å². The van der Waals surface area contributed by atoms with E-state index in [2.05, 4.69) is 6.58 Å². The van der Waals surface area contributed by atoms with Crippen LogP contribution in [0.25, 0.3) is 6.08 Å². The molecule has 1 aliphatic heterocycles. The summed E-state index contributed by atoms with van der Waals surface area (Å²) in [5, 5.41) is 1.47. The lowest BCUT2D eigenvalue weighted by Crippen LogP contribution is -2.36. The largest absolute Gasteiger partial charge is 0.490 e. The average molecular weight is 527 g/mol. The second-order valence-corrected chi connectivity index (χ2v) is 8.30. The number of thioether (sulfide) groups is 1. The molecule has 0 unspecified atom stereocenters. The smallest absolute Gasteiger partial charge is 0.294 e. The van der Waals surface area contributed by atoms with E-state index in [1.807, 2.05) is 5.32 Å². The van der Waals surface area contributed by atoms with Crippen molar-refractivity contribution in [1.29, 1.82) is 0 Å². The standard InChI is InChI=1S/C23H18ClF3N2O5S/c1-3-7-34-21-13(24)8-12(9-16(21)33-4-2)10-17-22(31)29(23(32)35-17)11-18(30)28-15-6-5-14(25)19(26)20(15)27/h3,5-6,8-10H,1,4,7,11H2,2H3,(H,28,30)/b17-10+. The van der Waals surface area contributed by atoms with E-state index in [0.717, 1.165) is 6.07 Å². The molecule has 35 heavy (non-hydrogen) atoms. The van der Waals surface area contributed by atoms with Gasteiger partial charge in [0.2, 0.25) is 5.91 Å². The molecule has 0 bridgehead atoms. The number of amides is 3. The van der Waals surface area contributed by atoms with Crippen LogP contribution in [-0.2, 0) is 9.59 Å². The molecular formula is C23H18ClF3N2O5S. The minimum atomic E-state index is -1.76. The highest BCUT2D eigenvalue weighted by molar-refractivity contribution is 8.18. The molecule has 0 spiro atoms. The Morgan fingerprint density at radius 3 is 2.63 bits per heavy atom. The third-order valence-corrected chi connectivity index (χ3v) is 5.65. The number of benzene rings is 2. The van der Waals surface area contributed by atoms with Crippen molar-refractivity contribution in [3.8, 4) is 11.5 Å². The summed E-state index contributed by atoms with van der Waals surface area (Å²) in [7, 11) is 0. The highest BCUT2D eigenvalue weighted by atomic mass is 35.5. The van der Waals surface area contributed by atoms with Gasteiger partial charge in [-0.25, -0.2) is 13.2 Å². The van der Waals surface area contributed by atoms with E-state index in [-0.39, 0.29) is 16.5 Å². The van der Waals surface area contributed by atoms with Gasteiger partial charge in [-0.05, 0) is 54.6 Å². The number of ether oxygens (including phenoxy) is 2. The van der Waals surface area contributed by atoms with Crippen LogP contribution in [0.1, 0.15) is 12.5 Å². The van der Waals surface area contributed by atoms with Crippen molar-refractivity contribution >= 4 is 52.2 Å². The Balaban J connectivity index is 1.78. The Bertz CT molecular complexity index is 1240. The molecule has 0 saturated carbocycles. The van der Waals surface area contributed by atoms with Gasteiger partial charge in [0, 0.05) is 0 Å². The van der Waals surface area contributed by atoms with E-state index in [4.69, 9.17) is 21.1 Å². The van der Waals surface area contributed by atoms with Crippen molar-refractivity contribution in [1.82, 2.24) is 4.90 Å². The van der Waals surface area contributed by atoms with Crippen LogP contribution >= 0.6 is 23.4 Å². The van der Waals surface area contributed by atoms with E-state index in [0.29, 0.717) is 46.4 Å². The number of halogens is 4. The van der Waals surface area contributed by atoms with Crippen molar-refractivity contribution in [2.45, 2.75) is 6.92 Å². The fraction of sp³-hybridized carbons (Fsp3) is 0.174. The Morgan fingerprint density at radius 2 is 1.94 bits per heavy atom. The second-order valence-electron chi connectivity index (χ2n) is 6.90. The first-order chi connectivity index (χ1) is 16.7. The number of hydrogen-bond acceptors (Lipinski definition) is 6. The highest BCUT2D eigenvalue weighted by Gasteiger charge is 2.36. The van der Waals surface area contributed by atoms with Gasteiger partial charge in [0.1, 0.15) is 13.2 Å². The molecule has 7 nitrogen and oxygen atoms in total. The number of carbonyl (C=O) groups excluding carboxylic acids is 3. The average Bonchev–Trinajstić information content (AvgIpc) is 3.06. The summed E-state index contributed by atoms with van der Waals surface area (Å²) in [5.41, 5.74) is -0.198. The van der Waals surface area contributed by atoms with Crippen molar-refractivity contribution < 1.29 is 37.0 Å². The van der Waals surface area contributed by atoms with Gasteiger partial charge in [-0.3, -0.25) is 19.3 Å². The van der Waals surface area contributed by atoms with Gasteiger partial charge in [-0.15, -0.1) is 0 Å². The van der Waals surface area contributed by atoms with Gasteiger partial charge in [-0.1, -0.05) is 24.3 Å². The van der Waals surface area contributed by atoms with Gasteiger partial charge in [0.25, 0.3) is 11.1 Å². The third kappa shape index (κ3) is 5.98. The number of carbonyl (C=O) groups is 3. The van der Waals surface area contributed by atoms with Crippen LogP contribution in [0.4, 0.5) is 23.7 Å². The lowest BCUT2D eigenvalue weighted by atomic mass is 10.1. The van der Waals surface area contributed by atoms with E-state index in [1.54, 1.807) is 13.0 Å². The molecular weight excluding hydrogens is 509 g/mol. The minimum Gasteiger partial charge on any atom is -0.490 e. The maximum Gasteiger partial charge on any atom is 0.294 e. The summed E-state index contributed by atoms with van der Waals surface area (Å²) in [6, 6.07) is 4.53. The molecule has 184 valence electrons. The van der Waals surface area contributed by atoms with Crippen LogP contribution < -0.4 is 14.8 Å². The lowest BCUT2D eigenvalue weighted by Gasteiger charge is -2.14. The predicted octanol–water partition coefficient (Wildman–Crippen LogP) is 5.40. The monoisotopic (exact) mass is 526 g/mol. The van der Waals surface area contributed by atoms with Crippen LogP contribution in [0.3, 0.4) is 0 Å². The number of imide groups is 1. The van der Waals surface area contributed by atoms with Gasteiger partial charge in [-0.2, -0.15) is 0 Å².